The summed E-state index contributed by atoms with van der Waals surface area (Å²) in [5, 5.41) is 6.19. The van der Waals surface area contributed by atoms with Crippen LogP contribution in [0.25, 0.3) is 0 Å². The van der Waals surface area contributed by atoms with E-state index in [1.165, 1.54) is 5.56 Å². The lowest BCUT2D eigenvalue weighted by atomic mass is 9.81. The molecule has 0 heterocycles. The largest absolute Gasteiger partial charge is 0.326 e. The van der Waals surface area contributed by atoms with E-state index in [0.29, 0.717) is 0 Å². The fourth-order valence-electron chi connectivity index (χ4n) is 3.01. The van der Waals surface area contributed by atoms with E-state index in [2.05, 4.69) is 30.5 Å². The summed E-state index contributed by atoms with van der Waals surface area (Å²) in [5.74, 6) is 0.310. The zero-order valence-corrected chi connectivity index (χ0v) is 12.1. The molecule has 2 N–H and O–H groups in total. The molecule has 2 rings (SSSR count). The highest BCUT2D eigenvalue weighted by Crippen LogP contribution is 2.43. The molecule has 1 unspecified atom stereocenters. The van der Waals surface area contributed by atoms with Gasteiger partial charge in [0.1, 0.15) is 0 Å². The van der Waals surface area contributed by atoms with Gasteiger partial charge in [0.2, 0.25) is 5.91 Å². The van der Waals surface area contributed by atoms with E-state index < -0.39 is 0 Å². The normalized spacial score (nSPS) is 21.3. The van der Waals surface area contributed by atoms with Gasteiger partial charge in [-0.3, -0.25) is 4.79 Å². The number of anilines is 1. The van der Waals surface area contributed by atoms with Crippen LogP contribution in [0.15, 0.2) is 24.3 Å². The van der Waals surface area contributed by atoms with E-state index in [-0.39, 0.29) is 17.2 Å². The molecule has 1 aliphatic rings. The topological polar surface area (TPSA) is 41.1 Å². The SMILES string of the molecule is CNCc1cccc(NC(=O)C2CCCC2(C)C)c1. The highest BCUT2D eigenvalue weighted by molar-refractivity contribution is 5.93. The van der Waals surface area contributed by atoms with Crippen molar-refractivity contribution in [2.75, 3.05) is 12.4 Å². The van der Waals surface area contributed by atoms with Crippen molar-refractivity contribution in [3.05, 3.63) is 29.8 Å². The first-order valence-electron chi connectivity index (χ1n) is 7.07. The third-order valence-electron chi connectivity index (χ3n) is 4.15. The number of hydrogen-bond donors (Lipinski definition) is 2. The number of benzene rings is 1. The molecule has 3 nitrogen and oxygen atoms in total. The van der Waals surface area contributed by atoms with Crippen LogP contribution >= 0.6 is 0 Å². The van der Waals surface area contributed by atoms with E-state index >= 15 is 0 Å². The van der Waals surface area contributed by atoms with Crippen molar-refractivity contribution in [3.8, 4) is 0 Å². The molecule has 0 spiro atoms. The minimum atomic E-state index is 0.132. The third-order valence-corrected chi connectivity index (χ3v) is 4.15. The van der Waals surface area contributed by atoms with E-state index in [0.717, 1.165) is 31.5 Å². The highest BCUT2D eigenvalue weighted by atomic mass is 16.1. The van der Waals surface area contributed by atoms with Gasteiger partial charge in [0.05, 0.1) is 0 Å². The predicted molar refractivity (Wildman–Crippen MR) is 79.0 cm³/mol. The van der Waals surface area contributed by atoms with Gasteiger partial charge in [-0.1, -0.05) is 32.4 Å². The summed E-state index contributed by atoms with van der Waals surface area (Å²) in [7, 11) is 1.92. The summed E-state index contributed by atoms with van der Waals surface area (Å²) in [6.07, 6.45) is 3.31. The van der Waals surface area contributed by atoms with Gasteiger partial charge in [0.15, 0.2) is 0 Å². The maximum absolute atomic E-state index is 12.4. The van der Waals surface area contributed by atoms with Crippen LogP contribution in [-0.4, -0.2) is 13.0 Å². The van der Waals surface area contributed by atoms with Crippen LogP contribution in [0.4, 0.5) is 5.69 Å². The second-order valence-corrected chi connectivity index (χ2v) is 6.15. The van der Waals surface area contributed by atoms with Crippen molar-refractivity contribution in [2.45, 2.75) is 39.7 Å². The van der Waals surface area contributed by atoms with Crippen molar-refractivity contribution in [1.29, 1.82) is 0 Å². The van der Waals surface area contributed by atoms with Gasteiger partial charge in [-0.25, -0.2) is 0 Å². The quantitative estimate of drug-likeness (QED) is 0.873. The van der Waals surface area contributed by atoms with Crippen LogP contribution < -0.4 is 10.6 Å². The second kappa shape index (κ2) is 5.74. The zero-order chi connectivity index (χ0) is 13.9. The summed E-state index contributed by atoms with van der Waals surface area (Å²) in [6, 6.07) is 8.04. The fraction of sp³-hybridized carbons (Fsp3) is 0.562. The Kier molecular flexibility index (Phi) is 4.25. The lowest BCUT2D eigenvalue weighted by Gasteiger charge is -2.25. The van der Waals surface area contributed by atoms with Crippen molar-refractivity contribution < 1.29 is 4.79 Å². The van der Waals surface area contributed by atoms with E-state index in [9.17, 15) is 4.79 Å². The van der Waals surface area contributed by atoms with E-state index in [4.69, 9.17) is 0 Å². The lowest BCUT2D eigenvalue weighted by molar-refractivity contribution is -0.122. The summed E-state index contributed by atoms with van der Waals surface area (Å²) >= 11 is 0. The monoisotopic (exact) mass is 260 g/mol. The number of amides is 1. The van der Waals surface area contributed by atoms with Gasteiger partial charge in [-0.2, -0.15) is 0 Å². The Morgan fingerprint density at radius 3 is 2.84 bits per heavy atom. The first-order valence-corrected chi connectivity index (χ1v) is 7.07. The molecule has 0 aromatic heterocycles. The molecule has 3 heteroatoms. The van der Waals surface area contributed by atoms with Crippen molar-refractivity contribution in [2.24, 2.45) is 11.3 Å². The van der Waals surface area contributed by atoms with Gasteiger partial charge in [0.25, 0.3) is 0 Å². The molecule has 0 saturated heterocycles. The number of nitrogens with one attached hydrogen (secondary N) is 2. The van der Waals surface area contributed by atoms with E-state index in [1.54, 1.807) is 0 Å². The van der Waals surface area contributed by atoms with Crippen molar-refractivity contribution in [3.63, 3.8) is 0 Å². The first kappa shape index (κ1) is 14.1. The highest BCUT2D eigenvalue weighted by Gasteiger charge is 2.39. The predicted octanol–water partition coefficient (Wildman–Crippen LogP) is 3.17. The van der Waals surface area contributed by atoms with Gasteiger partial charge in [0, 0.05) is 18.2 Å². The summed E-state index contributed by atoms with van der Waals surface area (Å²) in [6.45, 7) is 5.21. The number of carbonyl (C=O) groups excluding carboxylic acids is 1. The van der Waals surface area contributed by atoms with Gasteiger partial charge >= 0.3 is 0 Å². The van der Waals surface area contributed by atoms with Crippen LogP contribution in [0.2, 0.25) is 0 Å². The van der Waals surface area contributed by atoms with Crippen molar-refractivity contribution in [1.82, 2.24) is 5.32 Å². The van der Waals surface area contributed by atoms with Gasteiger partial charge in [-0.05, 0) is 43.0 Å². The summed E-state index contributed by atoms with van der Waals surface area (Å²) < 4.78 is 0. The Morgan fingerprint density at radius 2 is 2.21 bits per heavy atom. The lowest BCUT2D eigenvalue weighted by Crippen LogP contribution is -2.30. The third kappa shape index (κ3) is 3.35. The molecule has 0 aliphatic heterocycles. The van der Waals surface area contributed by atoms with Crippen LogP contribution in [0, 0.1) is 11.3 Å². The molecule has 104 valence electrons. The molecule has 1 aromatic carbocycles. The van der Waals surface area contributed by atoms with Crippen molar-refractivity contribution >= 4 is 11.6 Å². The smallest absolute Gasteiger partial charge is 0.228 e. The van der Waals surface area contributed by atoms with E-state index in [1.807, 2.05) is 25.2 Å². The molecule has 1 fully saturated rings. The number of hydrogen-bond acceptors (Lipinski definition) is 2. The van der Waals surface area contributed by atoms with Gasteiger partial charge in [-0.15, -0.1) is 0 Å². The minimum absolute atomic E-state index is 0.132. The van der Waals surface area contributed by atoms with Crippen LogP contribution in [0.5, 0.6) is 0 Å². The maximum atomic E-state index is 12.4. The molecule has 1 aliphatic carbocycles. The molecule has 1 atom stereocenters. The molecule has 0 radical (unpaired) electrons. The average Bonchev–Trinajstić information content (AvgIpc) is 2.70. The van der Waals surface area contributed by atoms with Crippen LogP contribution in [0.1, 0.15) is 38.7 Å². The van der Waals surface area contributed by atoms with Gasteiger partial charge < -0.3 is 10.6 Å². The fourth-order valence-corrected chi connectivity index (χ4v) is 3.01. The minimum Gasteiger partial charge on any atom is -0.326 e. The molecule has 19 heavy (non-hydrogen) atoms. The van der Waals surface area contributed by atoms with Crippen LogP contribution in [-0.2, 0) is 11.3 Å². The first-order chi connectivity index (χ1) is 9.03. The zero-order valence-electron chi connectivity index (χ0n) is 12.1. The number of rotatable bonds is 4. The Hall–Kier alpha value is -1.35. The molecular weight excluding hydrogens is 236 g/mol. The van der Waals surface area contributed by atoms with Crippen LogP contribution in [0.3, 0.4) is 0 Å². The Morgan fingerprint density at radius 1 is 1.42 bits per heavy atom. The maximum Gasteiger partial charge on any atom is 0.228 e. The molecule has 0 bridgehead atoms. The molecule has 1 aromatic rings. The molecule has 1 saturated carbocycles. The Labute approximate surface area is 115 Å². The second-order valence-electron chi connectivity index (χ2n) is 6.15. The molecular formula is C16H24N2O. The number of carbonyl (C=O) groups is 1. The molecule has 1 amide bonds. The average molecular weight is 260 g/mol. The summed E-state index contributed by atoms with van der Waals surface area (Å²) in [4.78, 5) is 12.4. The summed E-state index contributed by atoms with van der Waals surface area (Å²) in [5.41, 5.74) is 2.22. The Balaban J connectivity index is 2.04. The Bertz CT molecular complexity index is 454. The standard InChI is InChI=1S/C16H24N2O/c1-16(2)9-5-8-14(16)15(19)18-13-7-4-6-12(10-13)11-17-3/h4,6-7,10,14,17H,5,8-9,11H2,1-3H3,(H,18,19).